The van der Waals surface area contributed by atoms with Crippen molar-refractivity contribution in [2.45, 2.75) is 4.90 Å². The highest BCUT2D eigenvalue weighted by Gasteiger charge is 2.16. The van der Waals surface area contributed by atoms with Crippen molar-refractivity contribution >= 4 is 49.1 Å². The summed E-state index contributed by atoms with van der Waals surface area (Å²) >= 11 is 5.87. The Morgan fingerprint density at radius 3 is 2.07 bits per heavy atom. The molecule has 0 aliphatic carbocycles. The zero-order valence-electron chi connectivity index (χ0n) is 15.0. The molecule has 150 valence electrons. The molecule has 0 amide bonds. The molecular formula is C20H17ClN2O4S2. The van der Waals surface area contributed by atoms with Crippen LogP contribution in [0.5, 0.6) is 0 Å². The van der Waals surface area contributed by atoms with Crippen molar-refractivity contribution in [2.75, 3.05) is 9.44 Å². The van der Waals surface area contributed by atoms with Gasteiger partial charge in [-0.2, -0.15) is 0 Å². The van der Waals surface area contributed by atoms with E-state index >= 15 is 0 Å². The van der Waals surface area contributed by atoms with Gasteiger partial charge in [0.1, 0.15) is 0 Å². The fraction of sp³-hybridized carbons (Fsp3) is 0. The minimum absolute atomic E-state index is 0.0929. The maximum absolute atomic E-state index is 12.6. The van der Waals surface area contributed by atoms with Gasteiger partial charge in [-0.3, -0.25) is 9.44 Å². The van der Waals surface area contributed by atoms with E-state index in [0.29, 0.717) is 10.7 Å². The van der Waals surface area contributed by atoms with Crippen LogP contribution in [0, 0.1) is 0 Å². The molecule has 0 saturated carbocycles. The predicted molar refractivity (Wildman–Crippen MR) is 117 cm³/mol. The largest absolute Gasteiger partial charge is 0.280 e. The zero-order chi connectivity index (χ0) is 20.9. The molecule has 3 rings (SSSR count). The van der Waals surface area contributed by atoms with Crippen LogP contribution in [0.25, 0.3) is 6.08 Å². The van der Waals surface area contributed by atoms with Gasteiger partial charge in [0.2, 0.25) is 0 Å². The van der Waals surface area contributed by atoms with Gasteiger partial charge in [-0.1, -0.05) is 54.1 Å². The van der Waals surface area contributed by atoms with Crippen LogP contribution in [-0.4, -0.2) is 16.8 Å². The van der Waals surface area contributed by atoms with E-state index < -0.39 is 20.0 Å². The van der Waals surface area contributed by atoms with Crippen molar-refractivity contribution in [3.63, 3.8) is 0 Å². The zero-order valence-corrected chi connectivity index (χ0v) is 17.4. The summed E-state index contributed by atoms with van der Waals surface area (Å²) in [7, 11) is -7.75. The first kappa shape index (κ1) is 20.9. The Morgan fingerprint density at radius 1 is 0.724 bits per heavy atom. The van der Waals surface area contributed by atoms with E-state index in [-0.39, 0.29) is 10.6 Å². The van der Waals surface area contributed by atoms with Gasteiger partial charge in [0, 0.05) is 5.02 Å². The average Bonchev–Trinajstić information content (AvgIpc) is 2.67. The number of nitrogens with one attached hydrogen (secondary N) is 2. The van der Waals surface area contributed by atoms with E-state index in [2.05, 4.69) is 9.44 Å². The Balaban J connectivity index is 1.79. The molecule has 9 heteroatoms. The van der Waals surface area contributed by atoms with E-state index in [1.54, 1.807) is 42.5 Å². The lowest BCUT2D eigenvalue weighted by molar-refractivity contribution is 0.600. The van der Waals surface area contributed by atoms with Crippen molar-refractivity contribution in [3.05, 3.63) is 94.9 Å². The summed E-state index contributed by atoms with van der Waals surface area (Å²) in [5, 5.41) is 1.41. The van der Waals surface area contributed by atoms with Crippen LogP contribution in [0.1, 0.15) is 5.56 Å². The molecule has 29 heavy (non-hydrogen) atoms. The average molecular weight is 449 g/mol. The highest BCUT2D eigenvalue weighted by atomic mass is 35.5. The third-order valence-electron chi connectivity index (χ3n) is 3.72. The second kappa shape index (κ2) is 8.69. The molecule has 0 bridgehead atoms. The van der Waals surface area contributed by atoms with Gasteiger partial charge in [-0.25, -0.2) is 16.8 Å². The summed E-state index contributed by atoms with van der Waals surface area (Å²) in [6.45, 7) is 0. The maximum Gasteiger partial charge on any atom is 0.261 e. The number of benzene rings is 3. The van der Waals surface area contributed by atoms with Gasteiger partial charge < -0.3 is 0 Å². The molecule has 0 unspecified atom stereocenters. The standard InChI is InChI=1S/C20H17ClN2O4S2/c21-17-8-4-9-18(14-17)23-29(26,27)20-11-5-10-19(15-20)22-28(24,25)13-12-16-6-2-1-3-7-16/h1-15,22-23H. The van der Waals surface area contributed by atoms with E-state index in [1.165, 1.54) is 36.4 Å². The van der Waals surface area contributed by atoms with E-state index in [9.17, 15) is 16.8 Å². The van der Waals surface area contributed by atoms with E-state index in [1.807, 2.05) is 6.07 Å². The summed E-state index contributed by atoms with van der Waals surface area (Å²) in [6.07, 6.45) is 1.45. The van der Waals surface area contributed by atoms with Crippen molar-refractivity contribution < 1.29 is 16.8 Å². The molecule has 0 atom stereocenters. The summed E-state index contributed by atoms with van der Waals surface area (Å²) in [5.41, 5.74) is 1.14. The van der Waals surface area contributed by atoms with E-state index in [4.69, 9.17) is 11.6 Å². The highest BCUT2D eigenvalue weighted by molar-refractivity contribution is 7.95. The van der Waals surface area contributed by atoms with Crippen molar-refractivity contribution in [1.82, 2.24) is 0 Å². The van der Waals surface area contributed by atoms with Gasteiger partial charge >= 0.3 is 0 Å². The lowest BCUT2D eigenvalue weighted by Gasteiger charge is -2.10. The van der Waals surface area contributed by atoms with Crippen LogP contribution in [0.15, 0.2) is 89.2 Å². The molecule has 0 aliphatic heterocycles. The third kappa shape index (κ3) is 6.08. The first-order chi connectivity index (χ1) is 13.7. The Morgan fingerprint density at radius 2 is 1.38 bits per heavy atom. The van der Waals surface area contributed by atoms with Crippen molar-refractivity contribution in [3.8, 4) is 0 Å². The molecule has 3 aromatic rings. The Kier molecular flexibility index (Phi) is 6.26. The molecule has 0 aromatic heterocycles. The van der Waals surface area contributed by atoms with Crippen LogP contribution in [-0.2, 0) is 20.0 Å². The fourth-order valence-corrected chi connectivity index (χ4v) is 4.57. The van der Waals surface area contributed by atoms with Crippen molar-refractivity contribution in [1.29, 1.82) is 0 Å². The quantitative estimate of drug-likeness (QED) is 0.554. The molecule has 0 radical (unpaired) electrons. The number of halogens is 1. The Hall–Kier alpha value is -2.81. The number of sulfonamides is 2. The summed E-state index contributed by atoms with van der Waals surface area (Å²) in [5.74, 6) is 0. The first-order valence-electron chi connectivity index (χ1n) is 8.38. The number of rotatable bonds is 7. The third-order valence-corrected chi connectivity index (χ3v) is 6.35. The van der Waals surface area contributed by atoms with Gasteiger partial charge in [0.25, 0.3) is 20.0 Å². The maximum atomic E-state index is 12.6. The molecule has 2 N–H and O–H groups in total. The fourth-order valence-electron chi connectivity index (χ4n) is 2.42. The van der Waals surface area contributed by atoms with E-state index in [0.717, 1.165) is 11.0 Å². The lowest BCUT2D eigenvalue weighted by atomic mass is 10.2. The lowest BCUT2D eigenvalue weighted by Crippen LogP contribution is -2.14. The normalized spacial score (nSPS) is 12.0. The molecule has 3 aromatic carbocycles. The molecule has 0 aliphatic rings. The van der Waals surface area contributed by atoms with Gasteiger partial charge in [-0.05, 0) is 48.0 Å². The van der Waals surface area contributed by atoms with Crippen LogP contribution in [0.3, 0.4) is 0 Å². The van der Waals surface area contributed by atoms with Crippen LogP contribution in [0.4, 0.5) is 11.4 Å². The summed E-state index contributed by atoms with van der Waals surface area (Å²) in [4.78, 5) is -0.0929. The highest BCUT2D eigenvalue weighted by Crippen LogP contribution is 2.22. The summed E-state index contributed by atoms with van der Waals surface area (Å²) in [6, 6.07) is 20.7. The number of hydrogen-bond donors (Lipinski definition) is 2. The minimum Gasteiger partial charge on any atom is -0.280 e. The van der Waals surface area contributed by atoms with Crippen LogP contribution >= 0.6 is 11.6 Å². The summed E-state index contributed by atoms with van der Waals surface area (Å²) < 4.78 is 54.5. The Bertz CT molecular complexity index is 1240. The molecule has 0 saturated heterocycles. The first-order valence-corrected chi connectivity index (χ1v) is 11.8. The van der Waals surface area contributed by atoms with Crippen LogP contribution in [0.2, 0.25) is 5.02 Å². The van der Waals surface area contributed by atoms with Crippen LogP contribution < -0.4 is 9.44 Å². The molecule has 6 nitrogen and oxygen atoms in total. The molecule has 0 spiro atoms. The number of hydrogen-bond acceptors (Lipinski definition) is 4. The van der Waals surface area contributed by atoms with Gasteiger partial charge in [-0.15, -0.1) is 0 Å². The van der Waals surface area contributed by atoms with Gasteiger partial charge in [0.15, 0.2) is 0 Å². The van der Waals surface area contributed by atoms with Gasteiger partial charge in [0.05, 0.1) is 21.7 Å². The SMILES string of the molecule is O=S(=O)(C=Cc1ccccc1)Nc1cccc(S(=O)(=O)Nc2cccc(Cl)c2)c1. The number of anilines is 2. The predicted octanol–water partition coefficient (Wildman–Crippen LogP) is 4.55. The molecular weight excluding hydrogens is 432 g/mol. The smallest absolute Gasteiger partial charge is 0.261 e. The topological polar surface area (TPSA) is 92.3 Å². The second-order valence-corrected chi connectivity index (χ2v) is 9.69. The van der Waals surface area contributed by atoms with Crippen molar-refractivity contribution in [2.24, 2.45) is 0 Å². The molecule has 0 heterocycles. The Labute approximate surface area is 175 Å². The minimum atomic E-state index is -3.92. The monoisotopic (exact) mass is 448 g/mol. The second-order valence-electron chi connectivity index (χ2n) is 6.00. The molecule has 0 fully saturated rings.